The maximum absolute atomic E-state index is 5.48. The highest BCUT2D eigenvalue weighted by atomic mass is 16.5. The van der Waals surface area contributed by atoms with Crippen molar-refractivity contribution >= 4 is 0 Å². The van der Waals surface area contributed by atoms with Gasteiger partial charge in [0.05, 0.1) is 0 Å². The quantitative estimate of drug-likeness (QED) is 0.827. The van der Waals surface area contributed by atoms with Crippen LogP contribution in [0.2, 0.25) is 0 Å². The van der Waals surface area contributed by atoms with E-state index >= 15 is 0 Å². The summed E-state index contributed by atoms with van der Waals surface area (Å²) in [4.78, 5) is 2.79. The summed E-state index contributed by atoms with van der Waals surface area (Å²) >= 11 is 0. The van der Waals surface area contributed by atoms with E-state index in [9.17, 15) is 0 Å². The number of ether oxygens (including phenoxy) is 1. The van der Waals surface area contributed by atoms with Gasteiger partial charge in [-0.3, -0.25) is 4.90 Å². The second kappa shape index (κ2) is 5.89. The fourth-order valence-corrected chi connectivity index (χ4v) is 3.58. The number of hydrogen-bond donors (Lipinski definition) is 1. The van der Waals surface area contributed by atoms with Crippen molar-refractivity contribution in [3.63, 3.8) is 0 Å². The van der Waals surface area contributed by atoms with Gasteiger partial charge in [-0.05, 0) is 43.9 Å². The van der Waals surface area contributed by atoms with Crippen LogP contribution in [0.4, 0.5) is 0 Å². The maximum Gasteiger partial charge on any atom is 0.0469 e. The second-order valence-electron chi connectivity index (χ2n) is 6.42. The number of nitrogens with one attached hydrogen (secondary N) is 1. The van der Waals surface area contributed by atoms with Gasteiger partial charge in [-0.15, -0.1) is 0 Å². The van der Waals surface area contributed by atoms with Crippen LogP contribution in [0.3, 0.4) is 0 Å². The third-order valence-corrected chi connectivity index (χ3v) is 5.06. The molecule has 2 saturated heterocycles. The summed E-state index contributed by atoms with van der Waals surface area (Å²) < 4.78 is 5.48. The Balaban J connectivity index is 1.55. The average molecular weight is 252 g/mol. The molecule has 1 aliphatic carbocycles. The summed E-state index contributed by atoms with van der Waals surface area (Å²) in [6, 6.07) is 1.55. The summed E-state index contributed by atoms with van der Waals surface area (Å²) in [6.07, 6.45) is 6.75. The molecule has 3 heteroatoms. The van der Waals surface area contributed by atoms with E-state index in [1.807, 2.05) is 0 Å². The topological polar surface area (TPSA) is 24.5 Å². The van der Waals surface area contributed by atoms with E-state index in [1.54, 1.807) is 0 Å². The Kier molecular flexibility index (Phi) is 4.22. The standard InChI is InChI=1S/C15H28N2O/c1-2-14-9-16-15(13-3-4-13)11-17(14)10-12-5-7-18-8-6-12/h12-16H,2-11H2,1H3. The van der Waals surface area contributed by atoms with Gasteiger partial charge in [-0.25, -0.2) is 0 Å². The van der Waals surface area contributed by atoms with Crippen molar-refractivity contribution in [2.45, 2.75) is 51.1 Å². The summed E-state index contributed by atoms with van der Waals surface area (Å²) in [6.45, 7) is 8.12. The van der Waals surface area contributed by atoms with Crippen LogP contribution in [0.25, 0.3) is 0 Å². The third-order valence-electron chi connectivity index (χ3n) is 5.06. The normalized spacial score (nSPS) is 35.8. The van der Waals surface area contributed by atoms with Crippen LogP contribution < -0.4 is 5.32 Å². The maximum atomic E-state index is 5.48. The molecule has 18 heavy (non-hydrogen) atoms. The summed E-state index contributed by atoms with van der Waals surface area (Å²) in [5.74, 6) is 1.87. The van der Waals surface area contributed by atoms with E-state index in [0.29, 0.717) is 0 Å². The first-order valence-corrected chi connectivity index (χ1v) is 7.92. The van der Waals surface area contributed by atoms with E-state index in [1.165, 1.54) is 51.7 Å². The third kappa shape index (κ3) is 3.06. The molecular weight excluding hydrogens is 224 g/mol. The minimum atomic E-state index is 0.767. The van der Waals surface area contributed by atoms with Crippen LogP contribution >= 0.6 is 0 Å². The Hall–Kier alpha value is -0.120. The molecule has 2 atom stereocenters. The minimum Gasteiger partial charge on any atom is -0.381 e. The highest BCUT2D eigenvalue weighted by Gasteiger charge is 2.37. The zero-order valence-corrected chi connectivity index (χ0v) is 11.7. The van der Waals surface area contributed by atoms with E-state index in [4.69, 9.17) is 4.74 Å². The van der Waals surface area contributed by atoms with Crippen molar-refractivity contribution in [3.8, 4) is 0 Å². The molecule has 0 aromatic heterocycles. The number of nitrogens with zero attached hydrogens (tertiary/aromatic N) is 1. The first kappa shape index (κ1) is 12.9. The molecule has 0 spiro atoms. The Morgan fingerprint density at radius 1 is 1.17 bits per heavy atom. The highest BCUT2D eigenvalue weighted by Crippen LogP contribution is 2.34. The monoisotopic (exact) mass is 252 g/mol. The van der Waals surface area contributed by atoms with E-state index in [0.717, 1.165) is 37.1 Å². The largest absolute Gasteiger partial charge is 0.381 e. The molecule has 0 aromatic rings. The Morgan fingerprint density at radius 3 is 2.61 bits per heavy atom. The number of piperazine rings is 1. The molecule has 1 N–H and O–H groups in total. The first-order chi connectivity index (χ1) is 8.86. The molecule has 0 aromatic carbocycles. The van der Waals surface area contributed by atoms with Crippen molar-refractivity contribution in [1.29, 1.82) is 0 Å². The van der Waals surface area contributed by atoms with Crippen LogP contribution in [0.15, 0.2) is 0 Å². The van der Waals surface area contributed by atoms with Crippen molar-refractivity contribution in [1.82, 2.24) is 10.2 Å². The van der Waals surface area contributed by atoms with Crippen LogP contribution in [0.5, 0.6) is 0 Å². The summed E-state index contributed by atoms with van der Waals surface area (Å²) in [7, 11) is 0. The molecule has 2 aliphatic heterocycles. The fourth-order valence-electron chi connectivity index (χ4n) is 3.58. The molecule has 3 aliphatic rings. The first-order valence-electron chi connectivity index (χ1n) is 7.92. The molecule has 0 bridgehead atoms. The number of hydrogen-bond acceptors (Lipinski definition) is 3. The van der Waals surface area contributed by atoms with E-state index < -0.39 is 0 Å². The molecule has 2 heterocycles. The minimum absolute atomic E-state index is 0.767. The van der Waals surface area contributed by atoms with Gasteiger partial charge in [-0.1, -0.05) is 6.92 Å². The van der Waals surface area contributed by atoms with Crippen molar-refractivity contribution in [2.75, 3.05) is 32.8 Å². The van der Waals surface area contributed by atoms with Crippen molar-refractivity contribution in [2.24, 2.45) is 11.8 Å². The second-order valence-corrected chi connectivity index (χ2v) is 6.42. The molecule has 0 radical (unpaired) electrons. The van der Waals surface area contributed by atoms with Crippen LogP contribution in [0.1, 0.15) is 39.0 Å². The molecule has 2 unspecified atom stereocenters. The zero-order chi connectivity index (χ0) is 12.4. The summed E-state index contributed by atoms with van der Waals surface area (Å²) in [5.41, 5.74) is 0. The zero-order valence-electron chi connectivity index (χ0n) is 11.7. The molecule has 1 saturated carbocycles. The predicted octanol–water partition coefficient (Wildman–Crippen LogP) is 1.88. The molecule has 3 nitrogen and oxygen atoms in total. The predicted molar refractivity (Wildman–Crippen MR) is 73.7 cm³/mol. The lowest BCUT2D eigenvalue weighted by Crippen LogP contribution is -2.58. The van der Waals surface area contributed by atoms with E-state index in [-0.39, 0.29) is 0 Å². The summed E-state index contributed by atoms with van der Waals surface area (Å²) in [5, 5.41) is 3.78. The Morgan fingerprint density at radius 2 is 1.94 bits per heavy atom. The Labute approximate surface area is 111 Å². The molecule has 104 valence electrons. The molecular formula is C15H28N2O. The molecule has 3 rings (SSSR count). The van der Waals surface area contributed by atoms with Gasteiger partial charge in [0.15, 0.2) is 0 Å². The van der Waals surface area contributed by atoms with Gasteiger partial charge in [0.1, 0.15) is 0 Å². The average Bonchev–Trinajstić information content (AvgIpc) is 3.24. The van der Waals surface area contributed by atoms with Gasteiger partial charge in [0, 0.05) is 44.9 Å². The number of rotatable bonds is 4. The van der Waals surface area contributed by atoms with Crippen molar-refractivity contribution < 1.29 is 4.74 Å². The van der Waals surface area contributed by atoms with Gasteiger partial charge in [0.25, 0.3) is 0 Å². The smallest absolute Gasteiger partial charge is 0.0469 e. The Bertz CT molecular complexity index is 261. The van der Waals surface area contributed by atoms with Gasteiger partial charge < -0.3 is 10.1 Å². The molecule has 0 amide bonds. The van der Waals surface area contributed by atoms with Crippen LogP contribution in [0, 0.1) is 11.8 Å². The fraction of sp³-hybridized carbons (Fsp3) is 1.00. The lowest BCUT2D eigenvalue weighted by atomic mass is 9.96. The van der Waals surface area contributed by atoms with Crippen LogP contribution in [-0.2, 0) is 4.74 Å². The van der Waals surface area contributed by atoms with Gasteiger partial charge in [0.2, 0.25) is 0 Å². The van der Waals surface area contributed by atoms with E-state index in [2.05, 4.69) is 17.1 Å². The van der Waals surface area contributed by atoms with Crippen molar-refractivity contribution in [3.05, 3.63) is 0 Å². The highest BCUT2D eigenvalue weighted by molar-refractivity contribution is 4.94. The van der Waals surface area contributed by atoms with Gasteiger partial charge in [-0.2, -0.15) is 0 Å². The SMILES string of the molecule is CCC1CNC(C2CC2)CN1CC1CCOCC1. The lowest BCUT2D eigenvalue weighted by molar-refractivity contribution is 0.0335. The lowest BCUT2D eigenvalue weighted by Gasteiger charge is -2.42. The van der Waals surface area contributed by atoms with Gasteiger partial charge >= 0.3 is 0 Å². The molecule has 3 fully saturated rings. The van der Waals surface area contributed by atoms with Crippen LogP contribution in [-0.4, -0.2) is 49.8 Å².